The van der Waals surface area contributed by atoms with Crippen LogP contribution in [0.5, 0.6) is 0 Å². The van der Waals surface area contributed by atoms with Gasteiger partial charge >= 0.3 is 5.97 Å². The first kappa shape index (κ1) is 23.6. The average Bonchev–Trinajstić information content (AvgIpc) is 2.71. The van der Waals surface area contributed by atoms with E-state index < -0.39 is 11.4 Å². The number of carboxylic acid groups (broad SMARTS) is 1. The van der Waals surface area contributed by atoms with E-state index in [0.717, 1.165) is 57.8 Å². The van der Waals surface area contributed by atoms with Crippen molar-refractivity contribution in [2.24, 2.45) is 44.3 Å². The Hall–Kier alpha value is -1.09. The topological polar surface area (TPSA) is 57.5 Å². The molecule has 7 atom stereocenters. The summed E-state index contributed by atoms with van der Waals surface area (Å²) in [5.74, 6) is 0.150. The fraction of sp³-hybridized carbons (Fsp3) is 0.833. The highest BCUT2D eigenvalue weighted by atomic mass is 16.4. The molecule has 2 N–H and O–H groups in total. The largest absolute Gasteiger partial charge is 0.481 e. The lowest BCUT2D eigenvalue weighted by molar-refractivity contribution is -0.167. The Morgan fingerprint density at radius 1 is 0.939 bits per heavy atom. The Balaban J connectivity index is 1.62. The molecule has 3 heteroatoms. The first-order valence-electron chi connectivity index (χ1n) is 13.5. The average molecular weight is 455 g/mol. The summed E-state index contributed by atoms with van der Waals surface area (Å²) >= 11 is 0. The Kier molecular flexibility index (Phi) is 4.85. The molecule has 0 aliphatic heterocycles. The van der Waals surface area contributed by atoms with Gasteiger partial charge in [-0.2, -0.15) is 0 Å². The Morgan fingerprint density at radius 2 is 1.61 bits per heavy atom. The second kappa shape index (κ2) is 6.77. The highest BCUT2D eigenvalue weighted by Crippen LogP contribution is 2.74. The molecule has 0 saturated heterocycles. The molecule has 7 unspecified atom stereocenters. The summed E-state index contributed by atoms with van der Waals surface area (Å²) in [7, 11) is 0. The van der Waals surface area contributed by atoms with Gasteiger partial charge in [0.2, 0.25) is 0 Å². The molecule has 0 aromatic rings. The minimum Gasteiger partial charge on any atom is -0.481 e. The van der Waals surface area contributed by atoms with Gasteiger partial charge in [-0.25, -0.2) is 0 Å². The van der Waals surface area contributed by atoms with Crippen molar-refractivity contribution in [3.63, 3.8) is 0 Å². The zero-order chi connectivity index (χ0) is 24.2. The summed E-state index contributed by atoms with van der Waals surface area (Å²) in [4.78, 5) is 12.7. The van der Waals surface area contributed by atoms with Gasteiger partial charge in [0.25, 0.3) is 0 Å². The Bertz CT molecular complexity index is 940. The van der Waals surface area contributed by atoms with Gasteiger partial charge in [-0.05, 0) is 91.3 Å². The molecule has 5 aliphatic carbocycles. The first-order valence-corrected chi connectivity index (χ1v) is 13.5. The molecule has 3 nitrogen and oxygen atoms in total. The number of hydrogen-bond acceptors (Lipinski definition) is 2. The van der Waals surface area contributed by atoms with E-state index in [1.807, 2.05) is 0 Å². The highest BCUT2D eigenvalue weighted by Gasteiger charge is 2.67. The van der Waals surface area contributed by atoms with Crippen molar-refractivity contribution in [2.45, 2.75) is 112 Å². The van der Waals surface area contributed by atoms with Gasteiger partial charge < -0.3 is 10.2 Å². The molecular formula is C30H46O3. The molecule has 0 bridgehead atoms. The van der Waals surface area contributed by atoms with Crippen LogP contribution in [0.4, 0.5) is 0 Å². The van der Waals surface area contributed by atoms with Crippen molar-refractivity contribution in [3.05, 3.63) is 23.3 Å². The van der Waals surface area contributed by atoms with Crippen LogP contribution in [0, 0.1) is 44.3 Å². The van der Waals surface area contributed by atoms with Crippen LogP contribution in [0.3, 0.4) is 0 Å². The summed E-state index contributed by atoms with van der Waals surface area (Å²) < 4.78 is 0. The molecule has 3 fully saturated rings. The number of aliphatic hydroxyl groups is 1. The van der Waals surface area contributed by atoms with E-state index in [1.165, 1.54) is 11.1 Å². The Labute approximate surface area is 201 Å². The predicted octanol–water partition coefficient (Wildman–Crippen LogP) is 7.15. The number of rotatable bonds is 1. The van der Waals surface area contributed by atoms with Gasteiger partial charge in [0.05, 0.1) is 11.5 Å². The fourth-order valence-corrected chi connectivity index (χ4v) is 9.88. The molecule has 33 heavy (non-hydrogen) atoms. The lowest BCUT2D eigenvalue weighted by Crippen LogP contribution is -2.62. The van der Waals surface area contributed by atoms with E-state index in [-0.39, 0.29) is 39.1 Å². The van der Waals surface area contributed by atoms with Crippen LogP contribution in [-0.4, -0.2) is 22.3 Å². The normalized spacial score (nSPS) is 50.0. The molecule has 0 heterocycles. The van der Waals surface area contributed by atoms with E-state index in [9.17, 15) is 15.0 Å². The van der Waals surface area contributed by atoms with Crippen LogP contribution in [0.15, 0.2) is 23.3 Å². The van der Waals surface area contributed by atoms with Crippen LogP contribution >= 0.6 is 0 Å². The van der Waals surface area contributed by atoms with Gasteiger partial charge in [0, 0.05) is 5.41 Å². The summed E-state index contributed by atoms with van der Waals surface area (Å²) in [6.45, 7) is 16.6. The zero-order valence-electron chi connectivity index (χ0n) is 22.1. The van der Waals surface area contributed by atoms with Crippen molar-refractivity contribution in [1.29, 1.82) is 0 Å². The van der Waals surface area contributed by atoms with Crippen molar-refractivity contribution in [1.82, 2.24) is 0 Å². The van der Waals surface area contributed by atoms with Crippen LogP contribution < -0.4 is 0 Å². The maximum Gasteiger partial charge on any atom is 0.310 e. The number of fused-ring (bicyclic) bond motifs is 7. The van der Waals surface area contributed by atoms with Crippen LogP contribution in [-0.2, 0) is 4.79 Å². The van der Waals surface area contributed by atoms with E-state index >= 15 is 0 Å². The van der Waals surface area contributed by atoms with E-state index in [4.69, 9.17) is 0 Å². The molecule has 5 rings (SSSR count). The maximum atomic E-state index is 12.7. The summed E-state index contributed by atoms with van der Waals surface area (Å²) in [6.07, 6.45) is 13.4. The number of carboxylic acids is 1. The number of aliphatic hydroxyl groups excluding tert-OH is 1. The third-order valence-corrected chi connectivity index (χ3v) is 12.4. The molecule has 0 spiro atoms. The van der Waals surface area contributed by atoms with Gasteiger partial charge in [0.15, 0.2) is 0 Å². The smallest absolute Gasteiger partial charge is 0.310 e. The lowest BCUT2D eigenvalue weighted by Gasteiger charge is -2.68. The minimum atomic E-state index is -0.569. The standard InChI is InChI=1S/C30H46O3/c1-25(2)14-16-30(24(32)33)17-15-28(6)19(20(30)18-25)8-9-22-27(5)12-11-23(31)26(3,4)21(27)10-13-29(22,28)7/h8,10,20,22-23,31H,9,11-18H2,1-7H3,(H,32,33). The van der Waals surface area contributed by atoms with Gasteiger partial charge in [0.1, 0.15) is 0 Å². The molecule has 184 valence electrons. The lowest BCUT2D eigenvalue weighted by atomic mass is 9.35. The molecule has 0 amide bonds. The van der Waals surface area contributed by atoms with E-state index in [0.29, 0.717) is 5.92 Å². The molecule has 3 saturated carbocycles. The van der Waals surface area contributed by atoms with E-state index in [2.05, 4.69) is 60.6 Å². The molecule has 0 aromatic carbocycles. The second-order valence-corrected chi connectivity index (χ2v) is 14.6. The monoisotopic (exact) mass is 454 g/mol. The maximum absolute atomic E-state index is 12.7. The van der Waals surface area contributed by atoms with Crippen LogP contribution in [0.1, 0.15) is 106 Å². The summed E-state index contributed by atoms with van der Waals surface area (Å²) in [5, 5.41) is 21.3. The van der Waals surface area contributed by atoms with Crippen molar-refractivity contribution in [2.75, 3.05) is 0 Å². The van der Waals surface area contributed by atoms with Crippen LogP contribution in [0.2, 0.25) is 0 Å². The number of allylic oxidation sites excluding steroid dienone is 3. The minimum absolute atomic E-state index is 0.0399. The third kappa shape index (κ3) is 2.81. The number of aliphatic carboxylic acids is 1. The molecule has 5 aliphatic rings. The van der Waals surface area contributed by atoms with Crippen molar-refractivity contribution in [3.8, 4) is 0 Å². The SMILES string of the molecule is CC1(C)CCC2(C(=O)O)CCC3(C)C(=CCC4C5(C)CCC(O)C(C)(C)C5=CCC43C)C2C1. The summed E-state index contributed by atoms with van der Waals surface area (Å²) in [6, 6.07) is 0. The van der Waals surface area contributed by atoms with E-state index in [1.54, 1.807) is 0 Å². The zero-order valence-corrected chi connectivity index (χ0v) is 22.1. The molecule has 0 aromatic heterocycles. The third-order valence-electron chi connectivity index (χ3n) is 12.4. The first-order chi connectivity index (χ1) is 15.1. The number of hydrogen-bond donors (Lipinski definition) is 2. The van der Waals surface area contributed by atoms with Gasteiger partial charge in [-0.1, -0.05) is 71.8 Å². The summed E-state index contributed by atoms with van der Waals surface area (Å²) in [5.41, 5.74) is 2.70. The van der Waals surface area contributed by atoms with Gasteiger partial charge in [-0.15, -0.1) is 0 Å². The highest BCUT2D eigenvalue weighted by molar-refractivity contribution is 5.76. The van der Waals surface area contributed by atoms with Gasteiger partial charge in [-0.3, -0.25) is 4.79 Å². The second-order valence-electron chi connectivity index (χ2n) is 14.6. The quantitative estimate of drug-likeness (QED) is 0.413. The number of carbonyl (C=O) groups is 1. The van der Waals surface area contributed by atoms with Crippen molar-refractivity contribution < 1.29 is 15.0 Å². The fourth-order valence-electron chi connectivity index (χ4n) is 9.88. The van der Waals surface area contributed by atoms with Crippen molar-refractivity contribution >= 4 is 5.97 Å². The Morgan fingerprint density at radius 3 is 2.27 bits per heavy atom. The molecule has 0 radical (unpaired) electrons. The molecular weight excluding hydrogens is 408 g/mol. The predicted molar refractivity (Wildman–Crippen MR) is 133 cm³/mol. The van der Waals surface area contributed by atoms with Crippen LogP contribution in [0.25, 0.3) is 0 Å².